The Morgan fingerprint density at radius 3 is 2.38 bits per heavy atom. The first-order valence-electron chi connectivity index (χ1n) is 5.64. The summed E-state index contributed by atoms with van der Waals surface area (Å²) >= 11 is 1.88. The lowest BCUT2D eigenvalue weighted by Crippen LogP contribution is -2.04. The van der Waals surface area contributed by atoms with Crippen molar-refractivity contribution in [3.8, 4) is 0 Å². The third kappa shape index (κ3) is 4.56. The highest BCUT2D eigenvalue weighted by molar-refractivity contribution is 7.99. The van der Waals surface area contributed by atoms with E-state index in [4.69, 9.17) is 10.5 Å². The summed E-state index contributed by atoms with van der Waals surface area (Å²) in [4.78, 5) is 1.30. The summed E-state index contributed by atoms with van der Waals surface area (Å²) in [5.41, 5.74) is 7.00. The maximum Gasteiger partial charge on any atom is 0.0472 e. The average molecular weight is 239 g/mol. The lowest BCUT2D eigenvalue weighted by Gasteiger charge is -2.11. The van der Waals surface area contributed by atoms with Crippen LogP contribution < -0.4 is 5.73 Å². The standard InChI is InChI=1S/C13H21NOS/c1-10(8-9-15-3)16-13-6-4-12(5-7-13)11(2)14/h4-7,10-11H,8-9,14H2,1-3H3. The zero-order chi connectivity index (χ0) is 12.0. The average Bonchev–Trinajstić information content (AvgIpc) is 2.27. The fourth-order valence-corrected chi connectivity index (χ4v) is 2.40. The van der Waals surface area contributed by atoms with Crippen LogP contribution in [-0.2, 0) is 4.74 Å². The molecule has 0 bridgehead atoms. The van der Waals surface area contributed by atoms with E-state index < -0.39 is 0 Å². The zero-order valence-electron chi connectivity index (χ0n) is 10.3. The predicted molar refractivity (Wildman–Crippen MR) is 70.9 cm³/mol. The number of rotatable bonds is 6. The minimum absolute atomic E-state index is 0.116. The molecule has 3 heteroatoms. The second-order valence-corrected chi connectivity index (χ2v) is 5.58. The van der Waals surface area contributed by atoms with Gasteiger partial charge in [0.05, 0.1) is 0 Å². The Labute approximate surface area is 103 Å². The first kappa shape index (κ1) is 13.6. The molecule has 2 unspecified atom stereocenters. The van der Waals surface area contributed by atoms with Gasteiger partial charge in [-0.15, -0.1) is 11.8 Å². The minimum atomic E-state index is 0.116. The zero-order valence-corrected chi connectivity index (χ0v) is 11.1. The van der Waals surface area contributed by atoms with Gasteiger partial charge in [-0.05, 0) is 31.0 Å². The predicted octanol–water partition coefficient (Wildman–Crippen LogP) is 3.22. The molecule has 0 aliphatic rings. The van der Waals surface area contributed by atoms with Crippen LogP contribution in [0.1, 0.15) is 31.9 Å². The molecule has 0 spiro atoms. The molecule has 1 rings (SSSR count). The van der Waals surface area contributed by atoms with E-state index in [1.54, 1.807) is 7.11 Å². The molecule has 1 aromatic carbocycles. The number of hydrogen-bond donors (Lipinski definition) is 1. The van der Waals surface area contributed by atoms with Crippen LogP contribution in [0.25, 0.3) is 0 Å². The van der Waals surface area contributed by atoms with Crippen molar-refractivity contribution >= 4 is 11.8 Å². The molecular formula is C13H21NOS. The monoisotopic (exact) mass is 239 g/mol. The van der Waals surface area contributed by atoms with Crippen molar-refractivity contribution < 1.29 is 4.74 Å². The molecule has 2 nitrogen and oxygen atoms in total. The largest absolute Gasteiger partial charge is 0.385 e. The number of hydrogen-bond acceptors (Lipinski definition) is 3. The summed E-state index contributed by atoms with van der Waals surface area (Å²) in [6.07, 6.45) is 1.08. The second kappa shape index (κ2) is 6.94. The number of benzene rings is 1. The van der Waals surface area contributed by atoms with Crippen molar-refractivity contribution in [2.75, 3.05) is 13.7 Å². The smallest absolute Gasteiger partial charge is 0.0472 e. The van der Waals surface area contributed by atoms with Gasteiger partial charge >= 0.3 is 0 Å². The van der Waals surface area contributed by atoms with Gasteiger partial charge in [-0.3, -0.25) is 0 Å². The number of ether oxygens (including phenoxy) is 1. The van der Waals surface area contributed by atoms with Crippen LogP contribution in [0, 0.1) is 0 Å². The highest BCUT2D eigenvalue weighted by Gasteiger charge is 2.05. The van der Waals surface area contributed by atoms with Crippen molar-refractivity contribution in [1.82, 2.24) is 0 Å². The molecule has 0 aliphatic heterocycles. The Kier molecular flexibility index (Phi) is 5.88. The summed E-state index contributed by atoms with van der Waals surface area (Å²) in [7, 11) is 1.74. The van der Waals surface area contributed by atoms with Gasteiger partial charge in [-0.25, -0.2) is 0 Å². The SMILES string of the molecule is COCCC(C)Sc1ccc(C(C)N)cc1. The van der Waals surface area contributed by atoms with Crippen LogP contribution in [0.4, 0.5) is 0 Å². The minimum Gasteiger partial charge on any atom is -0.385 e. The van der Waals surface area contributed by atoms with Crippen LogP contribution in [0.3, 0.4) is 0 Å². The Morgan fingerprint density at radius 2 is 1.88 bits per heavy atom. The van der Waals surface area contributed by atoms with Crippen LogP contribution >= 0.6 is 11.8 Å². The summed E-state index contributed by atoms with van der Waals surface area (Å²) in [5, 5.41) is 0.584. The van der Waals surface area contributed by atoms with E-state index in [9.17, 15) is 0 Å². The molecule has 2 atom stereocenters. The Hall–Kier alpha value is -0.510. The van der Waals surface area contributed by atoms with E-state index in [-0.39, 0.29) is 6.04 Å². The molecule has 1 aromatic rings. The molecule has 16 heavy (non-hydrogen) atoms. The van der Waals surface area contributed by atoms with E-state index in [0.29, 0.717) is 5.25 Å². The Bertz CT molecular complexity index is 297. The third-order valence-electron chi connectivity index (χ3n) is 2.47. The summed E-state index contributed by atoms with van der Waals surface area (Å²) in [6, 6.07) is 8.62. The van der Waals surface area contributed by atoms with Crippen molar-refractivity contribution in [3.05, 3.63) is 29.8 Å². The maximum atomic E-state index is 5.81. The summed E-state index contributed by atoms with van der Waals surface area (Å²) < 4.78 is 5.07. The number of nitrogens with two attached hydrogens (primary N) is 1. The van der Waals surface area contributed by atoms with Gasteiger partial charge in [0, 0.05) is 29.9 Å². The van der Waals surface area contributed by atoms with E-state index >= 15 is 0 Å². The summed E-state index contributed by atoms with van der Waals surface area (Å²) in [5.74, 6) is 0. The van der Waals surface area contributed by atoms with Gasteiger partial charge in [0.25, 0.3) is 0 Å². The quantitative estimate of drug-likeness (QED) is 0.774. The molecule has 0 saturated heterocycles. The Balaban J connectivity index is 2.48. The molecule has 0 radical (unpaired) electrons. The van der Waals surface area contributed by atoms with Crippen molar-refractivity contribution in [3.63, 3.8) is 0 Å². The molecule has 0 saturated carbocycles. The van der Waals surface area contributed by atoms with Gasteiger partial charge in [0.15, 0.2) is 0 Å². The van der Waals surface area contributed by atoms with Gasteiger partial charge in [0.2, 0.25) is 0 Å². The number of methoxy groups -OCH3 is 1. The van der Waals surface area contributed by atoms with E-state index in [0.717, 1.165) is 13.0 Å². The lowest BCUT2D eigenvalue weighted by molar-refractivity contribution is 0.195. The molecular weight excluding hydrogens is 218 g/mol. The first-order valence-corrected chi connectivity index (χ1v) is 6.52. The van der Waals surface area contributed by atoms with E-state index in [1.807, 2.05) is 18.7 Å². The molecule has 90 valence electrons. The highest BCUT2D eigenvalue weighted by atomic mass is 32.2. The van der Waals surface area contributed by atoms with Gasteiger partial charge in [0.1, 0.15) is 0 Å². The van der Waals surface area contributed by atoms with Gasteiger partial charge in [-0.1, -0.05) is 19.1 Å². The fourth-order valence-electron chi connectivity index (χ4n) is 1.43. The summed E-state index contributed by atoms with van der Waals surface area (Å²) in [6.45, 7) is 5.05. The van der Waals surface area contributed by atoms with Gasteiger partial charge in [-0.2, -0.15) is 0 Å². The topological polar surface area (TPSA) is 35.2 Å². The molecule has 0 amide bonds. The maximum absolute atomic E-state index is 5.81. The Morgan fingerprint density at radius 1 is 1.25 bits per heavy atom. The molecule has 2 N–H and O–H groups in total. The molecule has 0 aliphatic carbocycles. The van der Waals surface area contributed by atoms with Crippen LogP contribution in [-0.4, -0.2) is 19.0 Å². The van der Waals surface area contributed by atoms with E-state index in [2.05, 4.69) is 31.2 Å². The fraction of sp³-hybridized carbons (Fsp3) is 0.538. The lowest BCUT2D eigenvalue weighted by atomic mass is 10.1. The van der Waals surface area contributed by atoms with Crippen LogP contribution in [0.2, 0.25) is 0 Å². The van der Waals surface area contributed by atoms with E-state index in [1.165, 1.54) is 10.5 Å². The normalized spacial score (nSPS) is 14.8. The van der Waals surface area contributed by atoms with Gasteiger partial charge < -0.3 is 10.5 Å². The van der Waals surface area contributed by atoms with Crippen molar-refractivity contribution in [1.29, 1.82) is 0 Å². The first-order chi connectivity index (χ1) is 7.63. The second-order valence-electron chi connectivity index (χ2n) is 4.07. The number of thioether (sulfide) groups is 1. The van der Waals surface area contributed by atoms with Crippen LogP contribution in [0.15, 0.2) is 29.2 Å². The molecule has 0 aromatic heterocycles. The molecule has 0 fully saturated rings. The van der Waals surface area contributed by atoms with Crippen LogP contribution in [0.5, 0.6) is 0 Å². The van der Waals surface area contributed by atoms with Crippen molar-refractivity contribution in [2.45, 2.75) is 36.5 Å². The van der Waals surface area contributed by atoms with Crippen molar-refractivity contribution in [2.24, 2.45) is 5.73 Å². The third-order valence-corrected chi connectivity index (χ3v) is 3.65. The molecule has 0 heterocycles. The highest BCUT2D eigenvalue weighted by Crippen LogP contribution is 2.26.